The van der Waals surface area contributed by atoms with Crippen molar-refractivity contribution in [3.05, 3.63) is 65.2 Å². The summed E-state index contributed by atoms with van der Waals surface area (Å²) in [7, 11) is 0. The van der Waals surface area contributed by atoms with Crippen LogP contribution in [0, 0.1) is 11.6 Å². The summed E-state index contributed by atoms with van der Waals surface area (Å²) >= 11 is 1.43. The Balaban J connectivity index is 1.94. The number of hydrogen-bond acceptors (Lipinski definition) is 2. The Morgan fingerprint density at radius 2 is 1.76 bits per heavy atom. The van der Waals surface area contributed by atoms with Crippen LogP contribution in [0.3, 0.4) is 0 Å². The van der Waals surface area contributed by atoms with Crippen LogP contribution in [0.1, 0.15) is 30.5 Å². The number of thioether (sulfide) groups is 1. The summed E-state index contributed by atoms with van der Waals surface area (Å²) in [6.07, 6.45) is 2.19. The first-order valence-electron chi connectivity index (χ1n) is 7.02. The van der Waals surface area contributed by atoms with Crippen LogP contribution in [0.5, 0.6) is 0 Å². The molecule has 1 atom stereocenters. The molecule has 0 radical (unpaired) electrons. The minimum absolute atomic E-state index is 0.126. The van der Waals surface area contributed by atoms with Gasteiger partial charge in [-0.15, -0.1) is 11.8 Å². The van der Waals surface area contributed by atoms with Crippen molar-refractivity contribution >= 4 is 11.8 Å². The zero-order valence-corrected chi connectivity index (χ0v) is 12.8. The third kappa shape index (κ3) is 4.55. The number of aryl methyl sites for hydroxylation is 1. The molecule has 0 heterocycles. The van der Waals surface area contributed by atoms with Gasteiger partial charge in [0.05, 0.1) is 0 Å². The van der Waals surface area contributed by atoms with E-state index in [1.165, 1.54) is 23.4 Å². The fourth-order valence-electron chi connectivity index (χ4n) is 2.07. The summed E-state index contributed by atoms with van der Waals surface area (Å²) in [6.45, 7) is 2.15. The monoisotopic (exact) mass is 307 g/mol. The Labute approximate surface area is 128 Å². The Kier molecular flexibility index (Phi) is 5.76. The first kappa shape index (κ1) is 16.0. The minimum atomic E-state index is -0.824. The largest absolute Gasteiger partial charge is 0.323 e. The Morgan fingerprint density at radius 3 is 2.38 bits per heavy atom. The average molecular weight is 307 g/mol. The van der Waals surface area contributed by atoms with E-state index in [0.29, 0.717) is 10.6 Å². The van der Waals surface area contributed by atoms with Gasteiger partial charge in [0, 0.05) is 16.7 Å². The van der Waals surface area contributed by atoms with Crippen LogP contribution in [0.4, 0.5) is 8.78 Å². The second kappa shape index (κ2) is 7.57. The SMILES string of the molecule is CCCc1ccc(C(N)CSc2ccc(F)c(F)c2)cc1. The van der Waals surface area contributed by atoms with Crippen LogP contribution in [0.15, 0.2) is 47.4 Å². The fourth-order valence-corrected chi connectivity index (χ4v) is 2.98. The van der Waals surface area contributed by atoms with E-state index < -0.39 is 11.6 Å². The third-order valence-electron chi connectivity index (χ3n) is 3.27. The van der Waals surface area contributed by atoms with Gasteiger partial charge in [0.15, 0.2) is 11.6 Å². The highest BCUT2D eigenvalue weighted by molar-refractivity contribution is 7.99. The molecule has 2 aromatic rings. The fraction of sp³-hybridized carbons (Fsp3) is 0.294. The molecule has 1 unspecified atom stereocenters. The summed E-state index contributed by atoms with van der Waals surface area (Å²) < 4.78 is 26.0. The van der Waals surface area contributed by atoms with Gasteiger partial charge < -0.3 is 5.73 Å². The molecule has 0 spiro atoms. The zero-order chi connectivity index (χ0) is 15.2. The molecule has 0 amide bonds. The molecule has 0 fully saturated rings. The molecule has 21 heavy (non-hydrogen) atoms. The van der Waals surface area contributed by atoms with E-state index in [9.17, 15) is 8.78 Å². The van der Waals surface area contributed by atoms with Crippen molar-refractivity contribution in [2.45, 2.75) is 30.7 Å². The quantitative estimate of drug-likeness (QED) is 0.782. The van der Waals surface area contributed by atoms with Crippen LogP contribution in [-0.4, -0.2) is 5.75 Å². The van der Waals surface area contributed by atoms with E-state index in [-0.39, 0.29) is 6.04 Å². The first-order valence-corrected chi connectivity index (χ1v) is 8.01. The smallest absolute Gasteiger partial charge is 0.159 e. The van der Waals surface area contributed by atoms with Gasteiger partial charge in [-0.2, -0.15) is 0 Å². The number of benzene rings is 2. The molecule has 0 aliphatic rings. The van der Waals surface area contributed by atoms with Crippen LogP contribution < -0.4 is 5.73 Å². The van der Waals surface area contributed by atoms with Crippen LogP contribution in [0.2, 0.25) is 0 Å². The van der Waals surface area contributed by atoms with Gasteiger partial charge >= 0.3 is 0 Å². The lowest BCUT2D eigenvalue weighted by atomic mass is 10.0. The van der Waals surface area contributed by atoms with Crippen LogP contribution in [0.25, 0.3) is 0 Å². The van der Waals surface area contributed by atoms with Crippen molar-refractivity contribution < 1.29 is 8.78 Å². The first-order chi connectivity index (χ1) is 10.1. The van der Waals surface area contributed by atoms with E-state index >= 15 is 0 Å². The standard InChI is InChI=1S/C17H19F2NS/c1-2-3-12-4-6-13(7-5-12)17(20)11-21-14-8-9-15(18)16(19)10-14/h4-10,17H,2-3,11,20H2,1H3. The van der Waals surface area contributed by atoms with Gasteiger partial charge in [0.1, 0.15) is 0 Å². The molecular weight excluding hydrogens is 288 g/mol. The van der Waals surface area contributed by atoms with Crippen molar-refractivity contribution in [3.8, 4) is 0 Å². The highest BCUT2D eigenvalue weighted by Crippen LogP contribution is 2.25. The van der Waals surface area contributed by atoms with Crippen molar-refractivity contribution in [1.29, 1.82) is 0 Å². The molecule has 2 N–H and O–H groups in total. The summed E-state index contributed by atoms with van der Waals surface area (Å²) in [6, 6.07) is 12.1. The number of rotatable bonds is 6. The molecule has 0 aromatic heterocycles. The lowest BCUT2D eigenvalue weighted by Crippen LogP contribution is -2.12. The molecule has 0 bridgehead atoms. The maximum Gasteiger partial charge on any atom is 0.159 e. The Bertz CT molecular complexity index is 584. The highest BCUT2D eigenvalue weighted by Gasteiger charge is 2.08. The van der Waals surface area contributed by atoms with Gasteiger partial charge in [-0.3, -0.25) is 0 Å². The molecule has 2 aromatic carbocycles. The zero-order valence-electron chi connectivity index (χ0n) is 12.0. The molecule has 0 saturated carbocycles. The normalized spacial score (nSPS) is 12.4. The lowest BCUT2D eigenvalue weighted by molar-refractivity contribution is 0.506. The van der Waals surface area contributed by atoms with Crippen LogP contribution in [-0.2, 0) is 6.42 Å². The molecule has 112 valence electrons. The molecular formula is C17H19F2NS. The molecule has 4 heteroatoms. The second-order valence-electron chi connectivity index (χ2n) is 4.98. The maximum atomic E-state index is 13.1. The van der Waals surface area contributed by atoms with E-state index in [2.05, 4.69) is 19.1 Å². The van der Waals surface area contributed by atoms with E-state index in [1.54, 1.807) is 6.07 Å². The Hall–Kier alpha value is -1.39. The van der Waals surface area contributed by atoms with E-state index in [4.69, 9.17) is 5.73 Å². The average Bonchev–Trinajstić information content (AvgIpc) is 2.49. The molecule has 0 aliphatic heterocycles. The number of halogens is 2. The maximum absolute atomic E-state index is 13.1. The summed E-state index contributed by atoms with van der Waals surface area (Å²) in [5, 5.41) is 0. The van der Waals surface area contributed by atoms with Gasteiger partial charge in [0.2, 0.25) is 0 Å². The Morgan fingerprint density at radius 1 is 1.05 bits per heavy atom. The highest BCUT2D eigenvalue weighted by atomic mass is 32.2. The van der Waals surface area contributed by atoms with Crippen LogP contribution >= 0.6 is 11.8 Å². The predicted octanol–water partition coefficient (Wildman–Crippen LogP) is 4.71. The molecule has 0 aliphatic carbocycles. The van der Waals surface area contributed by atoms with Crippen molar-refractivity contribution in [2.24, 2.45) is 5.73 Å². The van der Waals surface area contributed by atoms with Crippen molar-refractivity contribution in [1.82, 2.24) is 0 Å². The molecule has 1 nitrogen and oxygen atoms in total. The molecule has 0 saturated heterocycles. The molecule has 2 rings (SSSR count). The lowest BCUT2D eigenvalue weighted by Gasteiger charge is -2.12. The predicted molar refractivity (Wildman–Crippen MR) is 84.4 cm³/mol. The van der Waals surface area contributed by atoms with Crippen molar-refractivity contribution in [3.63, 3.8) is 0 Å². The van der Waals surface area contributed by atoms with E-state index in [0.717, 1.165) is 24.5 Å². The van der Waals surface area contributed by atoms with Gasteiger partial charge in [-0.1, -0.05) is 37.6 Å². The van der Waals surface area contributed by atoms with Gasteiger partial charge in [-0.05, 0) is 35.7 Å². The summed E-state index contributed by atoms with van der Waals surface area (Å²) in [4.78, 5) is 0.687. The second-order valence-corrected chi connectivity index (χ2v) is 6.08. The number of nitrogens with two attached hydrogens (primary N) is 1. The van der Waals surface area contributed by atoms with Crippen molar-refractivity contribution in [2.75, 3.05) is 5.75 Å². The van der Waals surface area contributed by atoms with Gasteiger partial charge in [0.25, 0.3) is 0 Å². The summed E-state index contributed by atoms with van der Waals surface area (Å²) in [5.41, 5.74) is 8.51. The third-order valence-corrected chi connectivity index (χ3v) is 4.38. The minimum Gasteiger partial charge on any atom is -0.323 e. The summed E-state index contributed by atoms with van der Waals surface area (Å²) in [5.74, 6) is -1.02. The van der Waals surface area contributed by atoms with E-state index in [1.807, 2.05) is 12.1 Å². The number of hydrogen-bond donors (Lipinski definition) is 1. The topological polar surface area (TPSA) is 26.0 Å². The van der Waals surface area contributed by atoms with Gasteiger partial charge in [-0.25, -0.2) is 8.78 Å².